The molecule has 1 atom stereocenters. The van der Waals surface area contributed by atoms with Gasteiger partial charge in [-0.05, 0) is 13.3 Å². The number of amides is 1. The fraction of sp³-hybridized carbons (Fsp3) is 0.900. The van der Waals surface area contributed by atoms with Gasteiger partial charge in [0.25, 0.3) is 0 Å². The minimum absolute atomic E-state index is 0. The van der Waals surface area contributed by atoms with Crippen LogP contribution in [0.2, 0.25) is 0 Å². The van der Waals surface area contributed by atoms with Crippen LogP contribution in [0, 0.1) is 0 Å². The van der Waals surface area contributed by atoms with Crippen molar-refractivity contribution in [3.63, 3.8) is 0 Å². The van der Waals surface area contributed by atoms with E-state index in [0.717, 1.165) is 24.0 Å². The van der Waals surface area contributed by atoms with Crippen molar-refractivity contribution in [2.24, 2.45) is 0 Å². The van der Waals surface area contributed by atoms with Crippen molar-refractivity contribution in [1.29, 1.82) is 0 Å². The van der Waals surface area contributed by atoms with E-state index in [2.05, 4.69) is 26.3 Å². The fourth-order valence-corrected chi connectivity index (χ4v) is 2.26. The number of rotatable bonds is 4. The molecule has 90 valence electrons. The Bertz CT molecular complexity index is 233. The predicted octanol–water partition coefficient (Wildman–Crippen LogP) is -2.02. The van der Waals surface area contributed by atoms with E-state index in [-0.39, 0.29) is 24.0 Å². The second kappa shape index (κ2) is 5.03. The summed E-state index contributed by atoms with van der Waals surface area (Å²) >= 11 is 0. The van der Waals surface area contributed by atoms with Crippen molar-refractivity contribution in [2.45, 2.75) is 25.8 Å². The van der Waals surface area contributed by atoms with Gasteiger partial charge < -0.3 is 26.9 Å². The quantitative estimate of drug-likeness (QED) is 0.573. The van der Waals surface area contributed by atoms with Gasteiger partial charge in [0.15, 0.2) is 0 Å². The summed E-state index contributed by atoms with van der Waals surface area (Å²) in [6.45, 7) is 6.72. The average Bonchev–Trinajstić information content (AvgIpc) is 2.28. The van der Waals surface area contributed by atoms with Gasteiger partial charge in [-0.1, -0.05) is 6.92 Å². The highest BCUT2D eigenvalue weighted by atomic mass is 35.5. The monoisotopic (exact) mass is 236 g/mol. The Hall–Kier alpha value is -0.480. The van der Waals surface area contributed by atoms with Crippen molar-refractivity contribution in [2.75, 3.05) is 33.8 Å². The normalized spacial score (nSPS) is 25.5. The van der Waals surface area contributed by atoms with Gasteiger partial charge in [-0.2, -0.15) is 0 Å². The van der Waals surface area contributed by atoms with E-state index < -0.39 is 0 Å². The molecule has 1 aliphatic heterocycles. The average molecular weight is 237 g/mol. The third-order valence-corrected chi connectivity index (χ3v) is 2.53. The third kappa shape index (κ3) is 4.26. The second-order valence-corrected chi connectivity index (χ2v) is 5.08. The lowest BCUT2D eigenvalue weighted by Gasteiger charge is -2.35. The number of hydrogen-bond acceptors (Lipinski definition) is 2. The van der Waals surface area contributed by atoms with Gasteiger partial charge in [0.2, 0.25) is 0 Å². The van der Waals surface area contributed by atoms with Gasteiger partial charge in [-0.3, -0.25) is 0 Å². The predicted molar refractivity (Wildman–Crippen MR) is 55.0 cm³/mol. The number of cyclic esters (lactones) is 1. The van der Waals surface area contributed by atoms with Crippen LogP contribution >= 0.6 is 0 Å². The van der Waals surface area contributed by atoms with Crippen molar-refractivity contribution in [1.82, 2.24) is 5.32 Å². The first-order valence-electron chi connectivity index (χ1n) is 5.14. The van der Waals surface area contributed by atoms with Gasteiger partial charge in [0, 0.05) is 0 Å². The molecule has 1 unspecified atom stereocenters. The zero-order chi connectivity index (χ0) is 10.8. The summed E-state index contributed by atoms with van der Waals surface area (Å²) in [4.78, 5) is 11.0. The van der Waals surface area contributed by atoms with Crippen molar-refractivity contribution >= 4 is 6.09 Å². The van der Waals surface area contributed by atoms with E-state index in [4.69, 9.17) is 4.74 Å². The molecule has 1 N–H and O–H groups in total. The molecule has 1 heterocycles. The molecule has 0 radical (unpaired) electrons. The first-order chi connectivity index (χ1) is 6.37. The summed E-state index contributed by atoms with van der Waals surface area (Å²) in [5, 5.41) is 2.87. The van der Waals surface area contributed by atoms with E-state index in [1.165, 1.54) is 0 Å². The second-order valence-electron chi connectivity index (χ2n) is 5.08. The fourth-order valence-electron chi connectivity index (χ4n) is 2.26. The molecular formula is C10H21ClN2O2. The molecule has 1 aliphatic rings. The molecule has 15 heavy (non-hydrogen) atoms. The molecular weight excluding hydrogens is 216 g/mol. The number of likely N-dealkylation sites (N-methyl/N-ethyl adjacent to an activating group) is 1. The van der Waals surface area contributed by atoms with Crippen LogP contribution in [0.1, 0.15) is 20.3 Å². The first kappa shape index (κ1) is 14.5. The molecule has 0 aliphatic carbocycles. The van der Waals surface area contributed by atoms with Gasteiger partial charge >= 0.3 is 6.09 Å². The Labute approximate surface area is 98.0 Å². The Kier molecular flexibility index (Phi) is 4.87. The molecule has 0 spiro atoms. The number of carbonyl (C=O) groups is 1. The zero-order valence-corrected chi connectivity index (χ0v) is 10.7. The Morgan fingerprint density at radius 3 is 2.53 bits per heavy atom. The molecule has 1 amide bonds. The molecule has 0 bridgehead atoms. The van der Waals surface area contributed by atoms with Crippen molar-refractivity contribution in [3.8, 4) is 0 Å². The van der Waals surface area contributed by atoms with Gasteiger partial charge in [-0.25, -0.2) is 4.79 Å². The molecule has 1 saturated heterocycles. The molecule has 4 nitrogen and oxygen atoms in total. The number of alkyl carbamates (subject to hydrolysis) is 1. The molecule has 0 aromatic carbocycles. The number of nitrogens with zero attached hydrogens (tertiary/aromatic N) is 1. The smallest absolute Gasteiger partial charge is 0.407 e. The van der Waals surface area contributed by atoms with Crippen LogP contribution < -0.4 is 17.7 Å². The highest BCUT2D eigenvalue weighted by Crippen LogP contribution is 2.16. The summed E-state index contributed by atoms with van der Waals surface area (Å²) in [5.41, 5.74) is -0.199. The standard InChI is InChI=1S/C10H20N2O2.ClH/c1-5-6-12(3,4)7-10(2)8-14-9(13)11-10;/h5-8H2,1-4H3;1H. The minimum atomic E-state index is -0.288. The molecule has 0 saturated carbocycles. The van der Waals surface area contributed by atoms with Gasteiger partial charge in [-0.15, -0.1) is 0 Å². The number of nitrogens with one attached hydrogen (secondary N) is 1. The van der Waals surface area contributed by atoms with Gasteiger partial charge in [0.05, 0.1) is 20.6 Å². The van der Waals surface area contributed by atoms with E-state index >= 15 is 0 Å². The van der Waals surface area contributed by atoms with Crippen LogP contribution in [0.25, 0.3) is 0 Å². The molecule has 0 aromatic rings. The van der Waals surface area contributed by atoms with E-state index in [1.54, 1.807) is 0 Å². The summed E-state index contributed by atoms with van der Waals surface area (Å²) in [6, 6.07) is 0. The molecule has 1 rings (SSSR count). The highest BCUT2D eigenvalue weighted by Gasteiger charge is 2.40. The molecule has 5 heteroatoms. The summed E-state index contributed by atoms with van der Waals surface area (Å²) in [7, 11) is 4.36. The lowest BCUT2D eigenvalue weighted by atomic mass is 10.0. The highest BCUT2D eigenvalue weighted by molar-refractivity contribution is 5.70. The minimum Gasteiger partial charge on any atom is -1.00 e. The maximum Gasteiger partial charge on any atom is 0.407 e. The van der Waals surface area contributed by atoms with Gasteiger partial charge in [0.1, 0.15) is 18.7 Å². The summed E-state index contributed by atoms with van der Waals surface area (Å²) in [6.07, 6.45) is 0.863. The Morgan fingerprint density at radius 1 is 1.53 bits per heavy atom. The first-order valence-corrected chi connectivity index (χ1v) is 5.14. The number of ether oxygens (including phenoxy) is 1. The number of hydrogen-bond donors (Lipinski definition) is 1. The topological polar surface area (TPSA) is 38.3 Å². The number of quaternary nitrogens is 1. The SMILES string of the molecule is CCC[N+](C)(C)CC1(C)COC(=O)N1.[Cl-]. The maximum atomic E-state index is 11.0. The van der Waals surface area contributed by atoms with Crippen LogP contribution in [0.3, 0.4) is 0 Å². The van der Waals surface area contributed by atoms with Crippen LogP contribution in [0.5, 0.6) is 0 Å². The summed E-state index contributed by atoms with van der Waals surface area (Å²) in [5.74, 6) is 0. The number of halogens is 1. The third-order valence-electron chi connectivity index (χ3n) is 2.53. The zero-order valence-electron chi connectivity index (χ0n) is 9.97. The maximum absolute atomic E-state index is 11.0. The van der Waals surface area contributed by atoms with Crippen molar-refractivity contribution in [3.05, 3.63) is 0 Å². The van der Waals surface area contributed by atoms with Crippen LogP contribution in [0.4, 0.5) is 4.79 Å². The van der Waals surface area contributed by atoms with Crippen LogP contribution in [0.15, 0.2) is 0 Å². The van der Waals surface area contributed by atoms with E-state index in [1.807, 2.05) is 6.92 Å². The summed E-state index contributed by atoms with van der Waals surface area (Å²) < 4.78 is 5.85. The Balaban J connectivity index is 0.00000196. The molecule has 1 fully saturated rings. The van der Waals surface area contributed by atoms with E-state index in [0.29, 0.717) is 6.61 Å². The van der Waals surface area contributed by atoms with Crippen molar-refractivity contribution < 1.29 is 26.4 Å². The lowest BCUT2D eigenvalue weighted by molar-refractivity contribution is -0.893. The molecule has 0 aromatic heterocycles. The van der Waals surface area contributed by atoms with E-state index in [9.17, 15) is 4.79 Å². The lowest BCUT2D eigenvalue weighted by Crippen LogP contribution is -3.00. The Morgan fingerprint density at radius 2 is 2.13 bits per heavy atom. The number of carbonyl (C=O) groups excluding carboxylic acids is 1. The van der Waals surface area contributed by atoms with Crippen LogP contribution in [-0.4, -0.2) is 49.9 Å². The van der Waals surface area contributed by atoms with Crippen LogP contribution in [-0.2, 0) is 4.74 Å². The largest absolute Gasteiger partial charge is 1.00 e.